The molecule has 18 nitrogen and oxygen atoms in total. The molecule has 6 amide bonds. The highest BCUT2D eigenvalue weighted by molar-refractivity contribution is 7.58. The summed E-state index contributed by atoms with van der Waals surface area (Å²) in [6.45, 7) is 11.2. The fourth-order valence-electron chi connectivity index (χ4n) is 8.25. The average molecular weight is 955 g/mol. The Bertz CT molecular complexity index is 2030. The van der Waals surface area contributed by atoms with E-state index in [1.54, 1.807) is 51.1 Å². The van der Waals surface area contributed by atoms with Gasteiger partial charge in [-0.1, -0.05) is 81.4 Å². The van der Waals surface area contributed by atoms with Gasteiger partial charge < -0.3 is 45.3 Å². The van der Waals surface area contributed by atoms with E-state index in [9.17, 15) is 43.0 Å². The van der Waals surface area contributed by atoms with Crippen LogP contribution in [0.5, 0.6) is 0 Å². The van der Waals surface area contributed by atoms with Gasteiger partial charge in [-0.05, 0) is 89.2 Å². The zero-order chi connectivity index (χ0) is 49.3. The Morgan fingerprint density at radius 1 is 0.791 bits per heavy atom. The van der Waals surface area contributed by atoms with Crippen LogP contribution in [0.1, 0.15) is 104 Å². The van der Waals surface area contributed by atoms with E-state index in [2.05, 4.69) is 21.3 Å². The van der Waals surface area contributed by atoms with E-state index in [4.69, 9.17) is 14.2 Å². The molecule has 0 bridgehead atoms. The van der Waals surface area contributed by atoms with Gasteiger partial charge in [0.25, 0.3) is 0 Å². The molecule has 2 aromatic rings. The zero-order valence-electron chi connectivity index (χ0n) is 40.0. The predicted octanol–water partition coefficient (Wildman–Crippen LogP) is 5.25. The maximum absolute atomic E-state index is 14.6. The molecule has 2 heterocycles. The lowest BCUT2D eigenvalue weighted by Gasteiger charge is -2.31. The van der Waals surface area contributed by atoms with Crippen molar-refractivity contribution in [1.29, 1.82) is 0 Å². The fourth-order valence-corrected chi connectivity index (χ4v) is 10.3. The van der Waals surface area contributed by atoms with Gasteiger partial charge in [-0.2, -0.15) is 0 Å². The molecule has 0 aliphatic carbocycles. The van der Waals surface area contributed by atoms with Crippen LogP contribution in [0.25, 0.3) is 0 Å². The van der Waals surface area contributed by atoms with Crippen molar-refractivity contribution in [2.24, 2.45) is 11.8 Å². The predicted molar refractivity (Wildman–Crippen MR) is 250 cm³/mol. The van der Waals surface area contributed by atoms with Crippen LogP contribution >= 0.6 is 7.37 Å². The second-order valence-corrected chi connectivity index (χ2v) is 21.3. The lowest BCUT2D eigenvalue weighted by Crippen LogP contribution is -2.54. The second-order valence-electron chi connectivity index (χ2n) is 18.8. The van der Waals surface area contributed by atoms with Crippen LogP contribution in [0, 0.1) is 11.8 Å². The number of carbonyl (C=O) groups is 7. The quantitative estimate of drug-likeness (QED) is 0.0440. The van der Waals surface area contributed by atoms with Crippen LogP contribution in [0.3, 0.4) is 0 Å². The number of amides is 6. The summed E-state index contributed by atoms with van der Waals surface area (Å²) < 4.78 is 30.3. The average Bonchev–Trinajstić information content (AvgIpc) is 3.98. The van der Waals surface area contributed by atoms with Gasteiger partial charge in [-0.15, -0.1) is 0 Å². The SMILES string of the molecule is COC(=O)[C@H](CC(C)C)NC(=O)[C@@H]1CCCN1C(=O)C(C)CP(=O)(O)[C@H](Cc1ccccc1)NC(=O)[C@H](CCCCNC(=O)OC(C)(C)C)NC(=O)[C@@H]1CCCN1C(=O)OCc1ccccc1. The van der Waals surface area contributed by atoms with Gasteiger partial charge in [-0.25, -0.2) is 14.4 Å². The van der Waals surface area contributed by atoms with Gasteiger partial charge >= 0.3 is 18.2 Å². The Balaban J connectivity index is 1.52. The molecule has 19 heteroatoms. The van der Waals surface area contributed by atoms with Gasteiger partial charge in [0.15, 0.2) is 0 Å². The summed E-state index contributed by atoms with van der Waals surface area (Å²) in [6.07, 6.45) is 0.869. The maximum atomic E-state index is 14.6. The fraction of sp³-hybridized carbons (Fsp3) is 0.604. The van der Waals surface area contributed by atoms with E-state index >= 15 is 0 Å². The van der Waals surface area contributed by atoms with Crippen LogP contribution in [-0.4, -0.2) is 125 Å². The number of hydrogen-bond acceptors (Lipinski definition) is 11. The Kier molecular flexibility index (Phi) is 20.7. The first kappa shape index (κ1) is 54.1. The third-order valence-corrected chi connectivity index (χ3v) is 13.9. The van der Waals surface area contributed by atoms with Gasteiger partial charge in [0.2, 0.25) is 31.0 Å². The third kappa shape index (κ3) is 17.3. The summed E-state index contributed by atoms with van der Waals surface area (Å²) in [7, 11) is -3.24. The highest BCUT2D eigenvalue weighted by atomic mass is 31.2. The molecule has 67 heavy (non-hydrogen) atoms. The summed E-state index contributed by atoms with van der Waals surface area (Å²) >= 11 is 0. The molecule has 2 unspecified atom stereocenters. The number of likely N-dealkylation sites (tertiary alicyclic amines) is 2. The number of nitrogens with one attached hydrogen (secondary N) is 4. The first-order valence-electron chi connectivity index (χ1n) is 23.3. The first-order valence-corrected chi connectivity index (χ1v) is 25.2. The molecule has 0 spiro atoms. The van der Waals surface area contributed by atoms with E-state index in [1.807, 2.05) is 44.2 Å². The summed E-state index contributed by atoms with van der Waals surface area (Å²) in [6, 6.07) is 13.9. The van der Waals surface area contributed by atoms with Gasteiger partial charge in [0.1, 0.15) is 42.2 Å². The van der Waals surface area contributed by atoms with Gasteiger partial charge in [0.05, 0.1) is 7.11 Å². The number of ether oxygens (including phenoxy) is 3. The van der Waals surface area contributed by atoms with Crippen LogP contribution in [-0.2, 0) is 55.8 Å². The number of rotatable bonds is 22. The second kappa shape index (κ2) is 25.6. The molecule has 7 atom stereocenters. The van der Waals surface area contributed by atoms with Crippen molar-refractivity contribution in [3.63, 3.8) is 0 Å². The number of hydrogen-bond donors (Lipinski definition) is 5. The maximum Gasteiger partial charge on any atom is 0.410 e. The minimum Gasteiger partial charge on any atom is -0.467 e. The Morgan fingerprint density at radius 3 is 1.94 bits per heavy atom. The number of methoxy groups -OCH3 is 1. The van der Waals surface area contributed by atoms with Gasteiger partial charge in [-0.3, -0.25) is 28.6 Å². The zero-order valence-corrected chi connectivity index (χ0v) is 40.9. The molecule has 2 aliphatic rings. The number of nitrogens with zero attached hydrogens (tertiary/aromatic N) is 2. The number of unbranched alkanes of at least 4 members (excludes halogenated alkanes) is 1. The smallest absolute Gasteiger partial charge is 0.410 e. The monoisotopic (exact) mass is 954 g/mol. The molecule has 4 rings (SSSR count). The van der Waals surface area contributed by atoms with Crippen molar-refractivity contribution in [2.45, 2.75) is 141 Å². The van der Waals surface area contributed by atoms with Crippen molar-refractivity contribution in [3.8, 4) is 0 Å². The van der Waals surface area contributed by atoms with Gasteiger partial charge in [0, 0.05) is 38.1 Å². The summed E-state index contributed by atoms with van der Waals surface area (Å²) in [4.78, 5) is 109. The number of alkyl carbamates (subject to hydrolysis) is 1. The minimum absolute atomic E-state index is 0.00492. The Hall–Kier alpha value is -5.48. The molecule has 0 radical (unpaired) electrons. The summed E-state index contributed by atoms with van der Waals surface area (Å²) in [5.41, 5.74) is 0.696. The lowest BCUT2D eigenvalue weighted by molar-refractivity contribution is -0.147. The molecule has 2 aliphatic heterocycles. The van der Waals surface area contributed by atoms with Crippen molar-refractivity contribution >= 4 is 49.2 Å². The van der Waals surface area contributed by atoms with Crippen molar-refractivity contribution < 1.29 is 57.2 Å². The standard InChI is InChI=1S/C48H71N6O12P/c1-32(2)28-37(45(59)64-7)51-42(56)38-23-16-26-53(38)44(58)33(3)31-67(62,63)40(29-34-18-10-8-11-19-34)52-41(55)36(22-14-15-25-49-46(60)66-48(4,5)6)50-43(57)39-24-17-27-54(39)47(61)65-30-35-20-12-9-13-21-35/h8-13,18-21,32-33,36-40H,14-17,22-31H2,1-7H3,(H,49,60)(H,50,57)(H,51,56)(H,52,55)(H,62,63)/t33?,36-,37-,38-,39-,40+/m0/s1. The lowest BCUT2D eigenvalue weighted by atomic mass is 10.0. The Labute approximate surface area is 394 Å². The van der Waals surface area contributed by atoms with E-state index < -0.39 is 96.8 Å². The van der Waals surface area contributed by atoms with Crippen LogP contribution in [0.15, 0.2) is 60.7 Å². The number of benzene rings is 2. The summed E-state index contributed by atoms with van der Waals surface area (Å²) in [5, 5.41) is 11.0. The van der Waals surface area contributed by atoms with Crippen LogP contribution in [0.4, 0.5) is 9.59 Å². The highest BCUT2D eigenvalue weighted by Crippen LogP contribution is 2.48. The van der Waals surface area contributed by atoms with E-state index in [1.165, 1.54) is 23.8 Å². The van der Waals surface area contributed by atoms with Crippen molar-refractivity contribution in [1.82, 2.24) is 31.1 Å². The highest BCUT2D eigenvalue weighted by Gasteiger charge is 2.43. The van der Waals surface area contributed by atoms with E-state index in [0.717, 1.165) is 5.56 Å². The molecule has 370 valence electrons. The minimum atomic E-state index is -4.47. The van der Waals surface area contributed by atoms with Crippen molar-refractivity contribution in [3.05, 3.63) is 71.8 Å². The largest absolute Gasteiger partial charge is 0.467 e. The molecular weight excluding hydrogens is 884 g/mol. The first-order chi connectivity index (χ1) is 31.7. The molecule has 2 fully saturated rings. The number of esters is 1. The molecular formula is C48H71N6O12P. The van der Waals surface area contributed by atoms with Crippen LogP contribution < -0.4 is 21.3 Å². The van der Waals surface area contributed by atoms with E-state index in [-0.39, 0.29) is 45.0 Å². The summed E-state index contributed by atoms with van der Waals surface area (Å²) in [5.74, 6) is -5.40. The van der Waals surface area contributed by atoms with Crippen LogP contribution in [0.2, 0.25) is 0 Å². The number of carbonyl (C=O) groups excluding carboxylic acids is 7. The molecule has 2 saturated heterocycles. The molecule has 5 N–H and O–H groups in total. The molecule has 0 aromatic heterocycles. The third-order valence-electron chi connectivity index (χ3n) is 11.6. The molecule has 0 saturated carbocycles. The van der Waals surface area contributed by atoms with Crippen molar-refractivity contribution in [2.75, 3.05) is 32.9 Å². The molecule has 2 aromatic carbocycles. The van der Waals surface area contributed by atoms with E-state index in [0.29, 0.717) is 50.5 Å². The Morgan fingerprint density at radius 2 is 1.36 bits per heavy atom. The topological polar surface area (TPSA) is 239 Å². The normalized spacial score (nSPS) is 18.7.